The van der Waals surface area contributed by atoms with Crippen LogP contribution in [0.1, 0.15) is 13.3 Å². The summed E-state index contributed by atoms with van der Waals surface area (Å²) in [6, 6.07) is 0. The molecule has 0 radical (unpaired) electrons. The van der Waals surface area contributed by atoms with Gasteiger partial charge in [0.25, 0.3) is 0 Å². The molecule has 1 heterocycles. The van der Waals surface area contributed by atoms with Crippen molar-refractivity contribution in [3.8, 4) is 0 Å². The highest BCUT2D eigenvalue weighted by molar-refractivity contribution is 5.81. The van der Waals surface area contributed by atoms with Gasteiger partial charge in [-0.2, -0.15) is 0 Å². The van der Waals surface area contributed by atoms with Crippen molar-refractivity contribution in [2.24, 2.45) is 5.92 Å². The van der Waals surface area contributed by atoms with Gasteiger partial charge in [0.05, 0.1) is 12.7 Å². The Morgan fingerprint density at radius 3 is 3.00 bits per heavy atom. The monoisotopic (exact) mass is 188 g/mol. The molecule has 13 heavy (non-hydrogen) atoms. The molecule has 4 heteroatoms. The zero-order chi connectivity index (χ0) is 9.84. The minimum Gasteiger partial charge on any atom is -0.460 e. The van der Waals surface area contributed by atoms with Gasteiger partial charge in [-0.25, -0.2) is 9.18 Å². The zero-order valence-electron chi connectivity index (χ0n) is 7.53. The fraction of sp³-hybridized carbons (Fsp3) is 0.667. The molecule has 0 aromatic carbocycles. The van der Waals surface area contributed by atoms with Gasteiger partial charge in [-0.15, -0.1) is 0 Å². The average molecular weight is 188 g/mol. The molecule has 1 fully saturated rings. The summed E-state index contributed by atoms with van der Waals surface area (Å²) >= 11 is 0. The first-order chi connectivity index (χ1) is 6.13. The van der Waals surface area contributed by atoms with Gasteiger partial charge >= 0.3 is 5.97 Å². The van der Waals surface area contributed by atoms with Crippen LogP contribution < -0.4 is 0 Å². The summed E-state index contributed by atoms with van der Waals surface area (Å²) in [5, 5.41) is 0. The van der Waals surface area contributed by atoms with E-state index in [9.17, 15) is 9.18 Å². The van der Waals surface area contributed by atoms with E-state index in [4.69, 9.17) is 4.74 Å². The molecule has 1 aliphatic heterocycles. The molecule has 1 rings (SSSR count). The van der Waals surface area contributed by atoms with Gasteiger partial charge in [-0.05, 0) is 13.3 Å². The molecular weight excluding hydrogens is 175 g/mol. The summed E-state index contributed by atoms with van der Waals surface area (Å²) in [5.41, 5.74) is 0. The second kappa shape index (κ2) is 4.37. The van der Waals surface area contributed by atoms with Gasteiger partial charge in [0.1, 0.15) is 0 Å². The Labute approximate surface area is 76.5 Å². The molecule has 0 spiro atoms. The molecule has 0 N–H and O–H groups in total. The smallest absolute Gasteiger partial charge is 0.330 e. The van der Waals surface area contributed by atoms with Crippen LogP contribution in [0.4, 0.5) is 4.39 Å². The van der Waals surface area contributed by atoms with Crippen LogP contribution in [0.5, 0.6) is 0 Å². The summed E-state index contributed by atoms with van der Waals surface area (Å²) in [6.07, 6.45) is 0.129. The number of hydrogen-bond donors (Lipinski definition) is 0. The largest absolute Gasteiger partial charge is 0.460 e. The zero-order valence-corrected chi connectivity index (χ0v) is 7.53. The molecular formula is C9H13FO3. The maximum absolute atomic E-state index is 12.6. The molecule has 0 saturated carbocycles. The van der Waals surface area contributed by atoms with Crippen LogP contribution >= 0.6 is 0 Å². The molecule has 1 saturated heterocycles. The molecule has 1 aliphatic rings. The summed E-state index contributed by atoms with van der Waals surface area (Å²) in [6.45, 7) is 5.41. The van der Waals surface area contributed by atoms with Crippen molar-refractivity contribution in [3.63, 3.8) is 0 Å². The summed E-state index contributed by atoms with van der Waals surface area (Å²) in [5.74, 6) is -0.601. The van der Waals surface area contributed by atoms with Crippen molar-refractivity contribution in [1.29, 1.82) is 0 Å². The Morgan fingerprint density at radius 2 is 2.62 bits per heavy atom. The Hall–Kier alpha value is -0.900. The van der Waals surface area contributed by atoms with E-state index >= 15 is 0 Å². The van der Waals surface area contributed by atoms with E-state index in [1.807, 2.05) is 0 Å². The van der Waals surface area contributed by atoms with Crippen molar-refractivity contribution in [1.82, 2.24) is 0 Å². The van der Waals surface area contributed by atoms with E-state index in [2.05, 4.69) is 11.3 Å². The predicted octanol–water partition coefficient (Wildman–Crippen LogP) is 1.44. The quantitative estimate of drug-likeness (QED) is 0.494. The number of esters is 1. The number of carbonyl (C=O) groups excluding carboxylic acids is 1. The third kappa shape index (κ3) is 2.81. The summed E-state index contributed by atoms with van der Waals surface area (Å²) in [4.78, 5) is 10.7. The van der Waals surface area contributed by atoms with Crippen LogP contribution in [0, 0.1) is 5.92 Å². The van der Waals surface area contributed by atoms with Gasteiger partial charge in [0, 0.05) is 12.0 Å². The third-order valence-corrected chi connectivity index (χ3v) is 1.96. The first kappa shape index (κ1) is 10.2. The molecule has 0 amide bonds. The summed E-state index contributed by atoms with van der Waals surface area (Å²) < 4.78 is 22.0. The number of hydrogen-bond acceptors (Lipinski definition) is 3. The minimum absolute atomic E-state index is 0.132. The van der Waals surface area contributed by atoms with Gasteiger partial charge in [-0.1, -0.05) is 6.58 Å². The van der Waals surface area contributed by atoms with Crippen LogP contribution in [0.2, 0.25) is 0 Å². The van der Waals surface area contributed by atoms with E-state index in [-0.39, 0.29) is 12.0 Å². The predicted molar refractivity (Wildman–Crippen MR) is 44.7 cm³/mol. The van der Waals surface area contributed by atoms with Gasteiger partial charge in [-0.3, -0.25) is 0 Å². The maximum atomic E-state index is 12.6. The Bertz CT molecular complexity index is 205. The highest BCUT2D eigenvalue weighted by Gasteiger charge is 2.33. The van der Waals surface area contributed by atoms with Crippen molar-refractivity contribution in [2.75, 3.05) is 6.61 Å². The van der Waals surface area contributed by atoms with Gasteiger partial charge in [0.2, 0.25) is 6.36 Å². The fourth-order valence-electron chi connectivity index (χ4n) is 1.20. The highest BCUT2D eigenvalue weighted by Crippen LogP contribution is 2.26. The minimum atomic E-state index is -1.19. The molecule has 0 aromatic rings. The van der Waals surface area contributed by atoms with Crippen molar-refractivity contribution in [2.45, 2.75) is 25.8 Å². The molecule has 74 valence electrons. The number of halogens is 1. The third-order valence-electron chi connectivity index (χ3n) is 1.96. The molecule has 3 atom stereocenters. The lowest BCUT2D eigenvalue weighted by atomic mass is 9.99. The van der Waals surface area contributed by atoms with Crippen LogP contribution in [0.25, 0.3) is 0 Å². The van der Waals surface area contributed by atoms with E-state index in [1.54, 1.807) is 6.92 Å². The van der Waals surface area contributed by atoms with E-state index in [1.165, 1.54) is 0 Å². The molecule has 3 unspecified atom stereocenters. The average Bonchev–Trinajstić information content (AvgIpc) is 2.11. The van der Waals surface area contributed by atoms with Gasteiger partial charge < -0.3 is 9.47 Å². The normalized spacial score (nSPS) is 28.8. The Kier molecular flexibility index (Phi) is 3.42. The SMILES string of the molecule is C=CC(=O)OC(C)CC1COC1F. The topological polar surface area (TPSA) is 35.5 Å². The van der Waals surface area contributed by atoms with Crippen LogP contribution in [0.15, 0.2) is 12.7 Å². The number of carbonyl (C=O) groups is 1. The molecule has 3 nitrogen and oxygen atoms in total. The van der Waals surface area contributed by atoms with E-state index in [0.717, 1.165) is 6.08 Å². The number of rotatable bonds is 4. The van der Waals surface area contributed by atoms with Crippen molar-refractivity contribution in [3.05, 3.63) is 12.7 Å². The lowest BCUT2D eigenvalue weighted by Gasteiger charge is -2.32. The molecule has 0 aromatic heterocycles. The summed E-state index contributed by atoms with van der Waals surface area (Å²) in [7, 11) is 0. The Balaban J connectivity index is 2.20. The van der Waals surface area contributed by atoms with Crippen molar-refractivity contribution >= 4 is 5.97 Å². The second-order valence-electron chi connectivity index (χ2n) is 3.13. The lowest BCUT2D eigenvalue weighted by molar-refractivity contribution is -0.198. The molecule has 0 bridgehead atoms. The lowest BCUT2D eigenvalue weighted by Crippen LogP contribution is -2.38. The van der Waals surface area contributed by atoms with Crippen LogP contribution in [0.3, 0.4) is 0 Å². The van der Waals surface area contributed by atoms with E-state index in [0.29, 0.717) is 13.0 Å². The maximum Gasteiger partial charge on any atom is 0.330 e. The Morgan fingerprint density at radius 1 is 1.92 bits per heavy atom. The second-order valence-corrected chi connectivity index (χ2v) is 3.13. The molecule has 0 aliphatic carbocycles. The highest BCUT2D eigenvalue weighted by atomic mass is 19.1. The van der Waals surface area contributed by atoms with Gasteiger partial charge in [0.15, 0.2) is 0 Å². The fourth-order valence-corrected chi connectivity index (χ4v) is 1.20. The number of alkyl halides is 1. The first-order valence-corrected chi connectivity index (χ1v) is 4.22. The van der Waals surface area contributed by atoms with Crippen LogP contribution in [-0.2, 0) is 14.3 Å². The number of ether oxygens (including phenoxy) is 2. The van der Waals surface area contributed by atoms with Crippen molar-refractivity contribution < 1.29 is 18.7 Å². The van der Waals surface area contributed by atoms with Crippen LogP contribution in [-0.4, -0.2) is 25.0 Å². The van der Waals surface area contributed by atoms with E-state index < -0.39 is 12.3 Å². The standard InChI is InChI=1S/C9H13FO3/c1-3-8(11)13-6(2)4-7-5-12-9(7)10/h3,6-7,9H,1,4-5H2,2H3. The first-order valence-electron chi connectivity index (χ1n) is 4.22.